The largest absolute Gasteiger partial charge is 0.370 e. The second kappa shape index (κ2) is 5.61. The molecule has 4 unspecified atom stereocenters. The van der Waals surface area contributed by atoms with Gasteiger partial charge < -0.3 is 9.47 Å². The number of nitrogens with one attached hydrogen (secondary N) is 2. The normalized spacial score (nSPS) is 32.0. The van der Waals surface area contributed by atoms with E-state index < -0.39 is 22.6 Å². The summed E-state index contributed by atoms with van der Waals surface area (Å²) >= 11 is 0. The third-order valence-electron chi connectivity index (χ3n) is 4.55. The maximum absolute atomic E-state index is 12.3. The van der Waals surface area contributed by atoms with Crippen molar-refractivity contribution in [3.05, 3.63) is 43.6 Å². The molecule has 0 amide bonds. The SMILES string of the molecule is CC=CC(CC1OC1C)(CC1OC1C)n1c(=O)[nH]c(=O)[nH]c1=O. The minimum atomic E-state index is -0.894. The van der Waals surface area contributed by atoms with Gasteiger partial charge >= 0.3 is 17.1 Å². The molecule has 2 N–H and O–H groups in total. The lowest BCUT2D eigenvalue weighted by molar-refractivity contribution is 0.225. The summed E-state index contributed by atoms with van der Waals surface area (Å²) in [6.45, 7) is 5.72. The second-order valence-electron chi connectivity index (χ2n) is 6.30. The van der Waals surface area contributed by atoms with Crippen molar-refractivity contribution in [3.63, 3.8) is 0 Å². The Morgan fingerprint density at radius 1 is 1.04 bits per heavy atom. The standard InChI is InChI=1S/C15H21N3O5/c1-4-5-15(6-10-8(2)22-10,7-11-9(3)23-11)18-13(20)16-12(19)17-14(18)21/h4-5,8-11H,6-7H2,1-3H3,(H2,16,17,19,20,21). The fourth-order valence-corrected chi connectivity index (χ4v) is 3.21. The Morgan fingerprint density at radius 2 is 1.48 bits per heavy atom. The number of aromatic amines is 2. The van der Waals surface area contributed by atoms with Gasteiger partial charge in [-0.1, -0.05) is 12.2 Å². The monoisotopic (exact) mass is 323 g/mol. The van der Waals surface area contributed by atoms with Crippen molar-refractivity contribution in [2.45, 2.75) is 63.6 Å². The van der Waals surface area contributed by atoms with Gasteiger partial charge in [0.15, 0.2) is 0 Å². The molecule has 0 saturated carbocycles. The topological polar surface area (TPSA) is 113 Å². The summed E-state index contributed by atoms with van der Waals surface area (Å²) in [4.78, 5) is 40.2. The molecule has 0 aromatic carbocycles. The molecular formula is C15H21N3O5. The van der Waals surface area contributed by atoms with Gasteiger partial charge in [0.25, 0.3) is 0 Å². The minimum absolute atomic E-state index is 0.0292. The first-order chi connectivity index (χ1) is 10.9. The van der Waals surface area contributed by atoms with Crippen LogP contribution in [0.25, 0.3) is 0 Å². The van der Waals surface area contributed by atoms with Crippen LogP contribution in [0.1, 0.15) is 33.6 Å². The van der Waals surface area contributed by atoms with Crippen molar-refractivity contribution < 1.29 is 9.47 Å². The van der Waals surface area contributed by atoms with Crippen molar-refractivity contribution >= 4 is 0 Å². The molecular weight excluding hydrogens is 302 g/mol. The van der Waals surface area contributed by atoms with Gasteiger partial charge in [0, 0.05) is 12.8 Å². The fourth-order valence-electron chi connectivity index (χ4n) is 3.21. The number of epoxide rings is 2. The van der Waals surface area contributed by atoms with Crippen molar-refractivity contribution in [2.24, 2.45) is 0 Å². The third kappa shape index (κ3) is 3.09. The van der Waals surface area contributed by atoms with Crippen LogP contribution in [0.2, 0.25) is 0 Å². The predicted molar refractivity (Wildman–Crippen MR) is 82.6 cm³/mol. The molecule has 8 heteroatoms. The molecule has 126 valence electrons. The van der Waals surface area contributed by atoms with E-state index in [9.17, 15) is 14.4 Å². The van der Waals surface area contributed by atoms with E-state index in [1.54, 1.807) is 6.08 Å². The number of H-pyrrole nitrogens is 2. The number of ether oxygens (including phenoxy) is 2. The zero-order chi connectivity index (χ0) is 16.8. The van der Waals surface area contributed by atoms with Gasteiger partial charge in [-0.15, -0.1) is 0 Å². The van der Waals surface area contributed by atoms with Crippen LogP contribution in [-0.4, -0.2) is 39.0 Å². The van der Waals surface area contributed by atoms with Gasteiger partial charge in [0.05, 0.1) is 30.0 Å². The van der Waals surface area contributed by atoms with E-state index >= 15 is 0 Å². The van der Waals surface area contributed by atoms with Crippen molar-refractivity contribution in [1.82, 2.24) is 14.5 Å². The van der Waals surface area contributed by atoms with Crippen LogP contribution >= 0.6 is 0 Å². The van der Waals surface area contributed by atoms with E-state index in [4.69, 9.17) is 9.47 Å². The molecule has 3 rings (SSSR count). The van der Waals surface area contributed by atoms with E-state index in [0.717, 1.165) is 4.57 Å². The zero-order valence-corrected chi connectivity index (χ0v) is 13.4. The van der Waals surface area contributed by atoms with Gasteiger partial charge in [0.2, 0.25) is 0 Å². The highest BCUT2D eigenvalue weighted by atomic mass is 16.6. The maximum Gasteiger partial charge on any atom is 0.334 e. The van der Waals surface area contributed by atoms with Crippen LogP contribution in [0.3, 0.4) is 0 Å². The Hall–Kier alpha value is -1.93. The molecule has 2 aliphatic rings. The molecule has 0 bridgehead atoms. The number of allylic oxidation sites excluding steroid dienone is 2. The quantitative estimate of drug-likeness (QED) is 0.558. The Bertz CT molecular complexity index is 737. The third-order valence-corrected chi connectivity index (χ3v) is 4.55. The molecule has 2 aliphatic heterocycles. The van der Waals surface area contributed by atoms with Crippen molar-refractivity contribution in [2.75, 3.05) is 0 Å². The van der Waals surface area contributed by atoms with E-state index in [2.05, 4.69) is 9.97 Å². The lowest BCUT2D eigenvalue weighted by atomic mass is 9.86. The molecule has 23 heavy (non-hydrogen) atoms. The minimum Gasteiger partial charge on any atom is -0.370 e. The van der Waals surface area contributed by atoms with Gasteiger partial charge in [0.1, 0.15) is 0 Å². The van der Waals surface area contributed by atoms with Crippen LogP contribution in [-0.2, 0) is 15.0 Å². The zero-order valence-electron chi connectivity index (χ0n) is 13.4. The molecule has 4 atom stereocenters. The molecule has 2 saturated heterocycles. The smallest absolute Gasteiger partial charge is 0.334 e. The lowest BCUT2D eigenvalue weighted by Crippen LogP contribution is -2.53. The number of hydrogen-bond donors (Lipinski definition) is 2. The Labute approximate surface area is 132 Å². The highest BCUT2D eigenvalue weighted by Crippen LogP contribution is 2.40. The first-order valence-electron chi connectivity index (χ1n) is 7.77. The molecule has 3 heterocycles. The Balaban J connectivity index is 2.11. The molecule has 0 spiro atoms. The average molecular weight is 323 g/mol. The number of aromatic nitrogens is 3. The summed E-state index contributed by atoms with van der Waals surface area (Å²) in [6.07, 6.45) is 4.70. The van der Waals surface area contributed by atoms with Crippen molar-refractivity contribution in [1.29, 1.82) is 0 Å². The average Bonchev–Trinajstić information content (AvgIpc) is 3.30. The molecule has 8 nitrogen and oxygen atoms in total. The summed E-state index contributed by atoms with van der Waals surface area (Å²) in [5.74, 6) is 0. The first-order valence-corrected chi connectivity index (χ1v) is 7.77. The van der Waals surface area contributed by atoms with Gasteiger partial charge in [-0.05, 0) is 20.8 Å². The molecule has 1 aromatic rings. The summed E-state index contributed by atoms with van der Waals surface area (Å²) in [5, 5.41) is 0. The van der Waals surface area contributed by atoms with Crippen LogP contribution in [0.15, 0.2) is 26.5 Å². The van der Waals surface area contributed by atoms with Gasteiger partial charge in [-0.25, -0.2) is 19.0 Å². The lowest BCUT2D eigenvalue weighted by Gasteiger charge is -2.31. The Morgan fingerprint density at radius 3 is 1.83 bits per heavy atom. The number of rotatable bonds is 6. The molecule has 0 aliphatic carbocycles. The van der Waals surface area contributed by atoms with E-state index in [1.165, 1.54) is 0 Å². The molecule has 0 radical (unpaired) electrons. The highest BCUT2D eigenvalue weighted by Gasteiger charge is 2.49. The summed E-state index contributed by atoms with van der Waals surface area (Å²) < 4.78 is 12.1. The van der Waals surface area contributed by atoms with E-state index in [-0.39, 0.29) is 24.4 Å². The first kappa shape index (κ1) is 15.9. The summed E-state index contributed by atoms with van der Waals surface area (Å²) in [7, 11) is 0. The van der Waals surface area contributed by atoms with Crippen molar-refractivity contribution in [3.8, 4) is 0 Å². The van der Waals surface area contributed by atoms with E-state index in [0.29, 0.717) is 12.8 Å². The van der Waals surface area contributed by atoms with Crippen LogP contribution in [0, 0.1) is 0 Å². The van der Waals surface area contributed by atoms with E-state index in [1.807, 2.05) is 26.8 Å². The maximum atomic E-state index is 12.3. The van der Waals surface area contributed by atoms with Crippen LogP contribution in [0.5, 0.6) is 0 Å². The predicted octanol–water partition coefficient (Wildman–Crippen LogP) is -0.149. The summed E-state index contributed by atoms with van der Waals surface area (Å²) in [6, 6.07) is 0. The molecule has 2 fully saturated rings. The number of hydrogen-bond acceptors (Lipinski definition) is 5. The highest BCUT2D eigenvalue weighted by molar-refractivity contribution is 5.10. The Kier molecular flexibility index (Phi) is 3.89. The number of nitrogens with zero attached hydrogens (tertiary/aromatic N) is 1. The molecule has 1 aromatic heterocycles. The fraction of sp³-hybridized carbons (Fsp3) is 0.667. The van der Waals surface area contributed by atoms with Gasteiger partial charge in [-0.2, -0.15) is 0 Å². The van der Waals surface area contributed by atoms with Crippen LogP contribution in [0.4, 0.5) is 0 Å². The summed E-state index contributed by atoms with van der Waals surface area (Å²) in [5.41, 5.74) is -3.15. The second-order valence-corrected chi connectivity index (χ2v) is 6.30. The van der Waals surface area contributed by atoms with Gasteiger partial charge in [-0.3, -0.25) is 9.97 Å². The van der Waals surface area contributed by atoms with Crippen LogP contribution < -0.4 is 17.1 Å².